The SMILES string of the molecule is CNS(=O)(=O)c1ccc2c(c1)CCN2C(=O)c1ccc(OCC(=O)Nc2cccc(OC)c2)cc1. The third-order valence-electron chi connectivity index (χ3n) is 5.60. The van der Waals surface area contributed by atoms with E-state index in [0.29, 0.717) is 41.4 Å². The van der Waals surface area contributed by atoms with Crippen molar-refractivity contribution < 1.29 is 27.5 Å². The maximum Gasteiger partial charge on any atom is 0.262 e. The number of amides is 2. The molecular weight excluding hydrogens is 470 g/mol. The molecule has 3 aromatic carbocycles. The lowest BCUT2D eigenvalue weighted by Gasteiger charge is -2.18. The van der Waals surface area contributed by atoms with Crippen LogP contribution in [0.2, 0.25) is 0 Å². The van der Waals surface area contributed by atoms with E-state index >= 15 is 0 Å². The Morgan fingerprint density at radius 2 is 1.77 bits per heavy atom. The van der Waals surface area contributed by atoms with Gasteiger partial charge in [-0.15, -0.1) is 0 Å². The van der Waals surface area contributed by atoms with Crippen LogP contribution in [0.15, 0.2) is 71.6 Å². The van der Waals surface area contributed by atoms with E-state index < -0.39 is 10.0 Å². The van der Waals surface area contributed by atoms with Crippen molar-refractivity contribution in [3.63, 3.8) is 0 Å². The number of carbonyl (C=O) groups excluding carboxylic acids is 2. The Labute approximate surface area is 203 Å². The largest absolute Gasteiger partial charge is 0.497 e. The first-order valence-corrected chi connectivity index (χ1v) is 12.3. The van der Waals surface area contributed by atoms with Crippen LogP contribution in [-0.2, 0) is 21.2 Å². The highest BCUT2D eigenvalue weighted by atomic mass is 32.2. The number of ether oxygens (including phenoxy) is 2. The molecule has 9 nitrogen and oxygen atoms in total. The Morgan fingerprint density at radius 3 is 2.49 bits per heavy atom. The van der Waals surface area contributed by atoms with E-state index in [9.17, 15) is 18.0 Å². The second-order valence-electron chi connectivity index (χ2n) is 7.80. The minimum absolute atomic E-state index is 0.171. The third kappa shape index (κ3) is 5.44. The molecule has 1 aliphatic heterocycles. The first kappa shape index (κ1) is 24.2. The molecule has 0 radical (unpaired) electrons. The van der Waals surface area contributed by atoms with Gasteiger partial charge < -0.3 is 19.7 Å². The van der Waals surface area contributed by atoms with Gasteiger partial charge in [0, 0.05) is 29.5 Å². The maximum absolute atomic E-state index is 13.1. The van der Waals surface area contributed by atoms with Gasteiger partial charge in [-0.05, 0) is 73.6 Å². The van der Waals surface area contributed by atoms with E-state index in [4.69, 9.17) is 9.47 Å². The van der Waals surface area contributed by atoms with E-state index in [0.717, 1.165) is 5.56 Å². The number of sulfonamides is 1. The first-order valence-electron chi connectivity index (χ1n) is 10.9. The van der Waals surface area contributed by atoms with Crippen molar-refractivity contribution in [1.29, 1.82) is 0 Å². The Morgan fingerprint density at radius 1 is 1.00 bits per heavy atom. The lowest BCUT2D eigenvalue weighted by atomic mass is 10.1. The summed E-state index contributed by atoms with van der Waals surface area (Å²) in [6.45, 7) is 0.266. The van der Waals surface area contributed by atoms with Crippen LogP contribution in [0.4, 0.5) is 11.4 Å². The van der Waals surface area contributed by atoms with Crippen molar-refractivity contribution in [3.8, 4) is 11.5 Å². The second-order valence-corrected chi connectivity index (χ2v) is 9.68. The van der Waals surface area contributed by atoms with E-state index in [1.54, 1.807) is 72.7 Å². The number of benzene rings is 3. The molecule has 182 valence electrons. The monoisotopic (exact) mass is 495 g/mol. The number of nitrogens with one attached hydrogen (secondary N) is 2. The number of carbonyl (C=O) groups is 2. The molecule has 0 saturated heterocycles. The molecule has 0 bridgehead atoms. The number of anilines is 2. The van der Waals surface area contributed by atoms with Gasteiger partial charge in [-0.3, -0.25) is 9.59 Å². The number of hydrogen-bond acceptors (Lipinski definition) is 6. The summed E-state index contributed by atoms with van der Waals surface area (Å²) in [4.78, 5) is 27.0. The van der Waals surface area contributed by atoms with Crippen LogP contribution >= 0.6 is 0 Å². The molecule has 0 saturated carbocycles. The topological polar surface area (TPSA) is 114 Å². The van der Waals surface area contributed by atoms with Crippen molar-refractivity contribution in [1.82, 2.24) is 4.72 Å². The van der Waals surface area contributed by atoms with Gasteiger partial charge in [0.1, 0.15) is 11.5 Å². The summed E-state index contributed by atoms with van der Waals surface area (Å²) >= 11 is 0. The molecule has 3 aromatic rings. The molecule has 0 fully saturated rings. The lowest BCUT2D eigenvalue weighted by molar-refractivity contribution is -0.118. The predicted molar refractivity (Wildman–Crippen MR) is 132 cm³/mol. The van der Waals surface area contributed by atoms with Gasteiger partial charge in [0.15, 0.2) is 6.61 Å². The number of fused-ring (bicyclic) bond motifs is 1. The summed E-state index contributed by atoms with van der Waals surface area (Å²) in [5.41, 5.74) is 2.55. The normalized spacial score (nSPS) is 12.7. The third-order valence-corrected chi connectivity index (χ3v) is 7.01. The minimum Gasteiger partial charge on any atom is -0.497 e. The molecule has 1 aliphatic rings. The minimum atomic E-state index is -3.55. The second kappa shape index (κ2) is 10.2. The molecule has 0 spiro atoms. The van der Waals surface area contributed by atoms with Gasteiger partial charge in [0.2, 0.25) is 10.0 Å². The number of rotatable bonds is 8. The fourth-order valence-corrected chi connectivity index (χ4v) is 4.55. The summed E-state index contributed by atoms with van der Waals surface area (Å²) in [5.74, 6) is 0.557. The highest BCUT2D eigenvalue weighted by Gasteiger charge is 2.27. The van der Waals surface area contributed by atoms with Crippen LogP contribution in [0, 0.1) is 0 Å². The molecule has 0 atom stereocenters. The Kier molecular flexibility index (Phi) is 7.04. The summed E-state index contributed by atoms with van der Waals surface area (Å²) in [5, 5.41) is 2.73. The summed E-state index contributed by atoms with van der Waals surface area (Å²) in [6, 6.07) is 18.3. The van der Waals surface area contributed by atoms with Crippen molar-refractivity contribution in [2.75, 3.05) is 37.5 Å². The van der Waals surface area contributed by atoms with Gasteiger partial charge in [0.05, 0.1) is 12.0 Å². The standard InChI is InChI=1S/C25H25N3O6S/c1-26-35(31,32)22-10-11-23-18(14-22)12-13-28(23)25(30)17-6-8-20(9-7-17)34-16-24(29)27-19-4-3-5-21(15-19)33-2/h3-11,14-15,26H,12-13,16H2,1-2H3,(H,27,29). The highest BCUT2D eigenvalue weighted by Crippen LogP contribution is 2.31. The zero-order chi connectivity index (χ0) is 25.0. The number of methoxy groups -OCH3 is 1. The van der Waals surface area contributed by atoms with Crippen molar-refractivity contribution in [2.45, 2.75) is 11.3 Å². The van der Waals surface area contributed by atoms with Gasteiger partial charge >= 0.3 is 0 Å². The molecular formula is C25H25N3O6S. The molecule has 0 unspecified atom stereocenters. The van der Waals surface area contributed by atoms with Crippen LogP contribution < -0.4 is 24.4 Å². The van der Waals surface area contributed by atoms with Crippen molar-refractivity contribution in [3.05, 3.63) is 77.9 Å². The Bertz CT molecular complexity index is 1360. The Balaban J connectivity index is 1.37. The fourth-order valence-electron chi connectivity index (χ4n) is 3.77. The average molecular weight is 496 g/mol. The zero-order valence-corrected chi connectivity index (χ0v) is 20.1. The predicted octanol–water partition coefficient (Wildman–Crippen LogP) is 2.82. The van der Waals surface area contributed by atoms with Crippen LogP contribution in [-0.4, -0.2) is 47.5 Å². The van der Waals surface area contributed by atoms with Gasteiger partial charge in [-0.1, -0.05) is 6.07 Å². The lowest BCUT2D eigenvalue weighted by Crippen LogP contribution is -2.28. The molecule has 4 rings (SSSR count). The van der Waals surface area contributed by atoms with Crippen molar-refractivity contribution >= 4 is 33.2 Å². The first-order chi connectivity index (χ1) is 16.8. The zero-order valence-electron chi connectivity index (χ0n) is 19.3. The molecule has 1 heterocycles. The molecule has 35 heavy (non-hydrogen) atoms. The van der Waals surface area contributed by atoms with Crippen LogP contribution in [0.5, 0.6) is 11.5 Å². The van der Waals surface area contributed by atoms with E-state index in [2.05, 4.69) is 10.0 Å². The van der Waals surface area contributed by atoms with E-state index in [1.807, 2.05) is 0 Å². The quantitative estimate of drug-likeness (QED) is 0.497. The summed E-state index contributed by atoms with van der Waals surface area (Å²) in [6.07, 6.45) is 0.567. The van der Waals surface area contributed by atoms with Gasteiger partial charge in [-0.25, -0.2) is 13.1 Å². The van der Waals surface area contributed by atoms with Crippen molar-refractivity contribution in [2.24, 2.45) is 0 Å². The Hall–Kier alpha value is -3.89. The van der Waals surface area contributed by atoms with Crippen LogP contribution in [0.3, 0.4) is 0 Å². The highest BCUT2D eigenvalue weighted by molar-refractivity contribution is 7.89. The number of nitrogens with zero attached hydrogens (tertiary/aromatic N) is 1. The molecule has 10 heteroatoms. The molecule has 0 aromatic heterocycles. The van der Waals surface area contributed by atoms with Crippen LogP contribution in [0.25, 0.3) is 0 Å². The summed E-state index contributed by atoms with van der Waals surface area (Å²) in [7, 11) is -0.638. The van der Waals surface area contributed by atoms with Gasteiger partial charge in [-0.2, -0.15) is 0 Å². The fraction of sp³-hybridized carbons (Fsp3) is 0.200. The van der Waals surface area contributed by atoms with Crippen LogP contribution in [0.1, 0.15) is 15.9 Å². The smallest absolute Gasteiger partial charge is 0.262 e. The van der Waals surface area contributed by atoms with Gasteiger partial charge in [0.25, 0.3) is 11.8 Å². The molecule has 0 aliphatic carbocycles. The molecule has 2 N–H and O–H groups in total. The molecule has 2 amide bonds. The van der Waals surface area contributed by atoms with E-state index in [-0.39, 0.29) is 23.3 Å². The average Bonchev–Trinajstić information content (AvgIpc) is 3.31. The maximum atomic E-state index is 13.1. The number of hydrogen-bond donors (Lipinski definition) is 2. The summed E-state index contributed by atoms with van der Waals surface area (Å²) < 4.78 is 37.1. The van der Waals surface area contributed by atoms with E-state index in [1.165, 1.54) is 13.1 Å².